The second-order valence-electron chi connectivity index (χ2n) is 3.74. The SMILES string of the molecule is OC(c1ccc(Br)c(F)c1)c1ccc(Cl)cc1F. The zero-order valence-corrected chi connectivity index (χ0v) is 11.3. The Morgan fingerprint density at radius 1 is 1.06 bits per heavy atom. The zero-order valence-electron chi connectivity index (χ0n) is 9.00. The molecule has 5 heteroatoms. The summed E-state index contributed by atoms with van der Waals surface area (Å²) in [5, 5.41) is 10.3. The summed E-state index contributed by atoms with van der Waals surface area (Å²) in [5.41, 5.74) is 0.332. The molecule has 1 unspecified atom stereocenters. The van der Waals surface area contributed by atoms with Gasteiger partial charge in [0.15, 0.2) is 0 Å². The average Bonchev–Trinajstić information content (AvgIpc) is 2.32. The number of aliphatic hydroxyl groups excluding tert-OH is 1. The summed E-state index contributed by atoms with van der Waals surface area (Å²) in [6.45, 7) is 0. The summed E-state index contributed by atoms with van der Waals surface area (Å²) >= 11 is 8.64. The van der Waals surface area contributed by atoms with Crippen LogP contribution in [0.1, 0.15) is 17.2 Å². The first-order chi connectivity index (χ1) is 8.49. The molecule has 2 aromatic rings. The van der Waals surface area contributed by atoms with Gasteiger partial charge in [0.1, 0.15) is 17.7 Å². The van der Waals surface area contributed by atoms with Crippen molar-refractivity contribution in [2.75, 3.05) is 0 Å². The molecular formula is C13H8BrClF2O. The monoisotopic (exact) mass is 332 g/mol. The molecule has 1 N–H and O–H groups in total. The molecule has 0 heterocycles. The van der Waals surface area contributed by atoms with Crippen molar-refractivity contribution in [2.45, 2.75) is 6.10 Å². The van der Waals surface area contributed by atoms with Gasteiger partial charge >= 0.3 is 0 Å². The lowest BCUT2D eigenvalue weighted by molar-refractivity contribution is 0.214. The molecule has 0 saturated carbocycles. The third-order valence-corrected chi connectivity index (χ3v) is 3.39. The van der Waals surface area contributed by atoms with Gasteiger partial charge in [-0.3, -0.25) is 0 Å². The molecular weight excluding hydrogens is 325 g/mol. The molecule has 1 nitrogen and oxygen atoms in total. The lowest BCUT2D eigenvalue weighted by Crippen LogP contribution is -2.03. The van der Waals surface area contributed by atoms with E-state index in [1.807, 2.05) is 0 Å². The van der Waals surface area contributed by atoms with E-state index in [4.69, 9.17) is 11.6 Å². The van der Waals surface area contributed by atoms with Gasteiger partial charge in [0.05, 0.1) is 4.47 Å². The largest absolute Gasteiger partial charge is 0.384 e. The van der Waals surface area contributed by atoms with Gasteiger partial charge in [-0.2, -0.15) is 0 Å². The number of halogens is 4. The normalized spacial score (nSPS) is 12.5. The van der Waals surface area contributed by atoms with Crippen molar-refractivity contribution in [3.05, 3.63) is 68.7 Å². The quantitative estimate of drug-likeness (QED) is 0.860. The van der Waals surface area contributed by atoms with E-state index in [1.54, 1.807) is 0 Å². The van der Waals surface area contributed by atoms with Gasteiger partial charge in [0.2, 0.25) is 0 Å². The average molecular weight is 334 g/mol. The topological polar surface area (TPSA) is 20.2 Å². The van der Waals surface area contributed by atoms with Crippen molar-refractivity contribution in [1.82, 2.24) is 0 Å². The summed E-state index contributed by atoms with van der Waals surface area (Å²) in [6, 6.07) is 8.09. The van der Waals surface area contributed by atoms with Crippen LogP contribution in [0.5, 0.6) is 0 Å². The molecule has 0 aliphatic carbocycles. The fourth-order valence-corrected chi connectivity index (χ4v) is 1.99. The molecule has 1 atom stereocenters. The van der Waals surface area contributed by atoms with E-state index in [0.29, 0.717) is 0 Å². The van der Waals surface area contributed by atoms with Gasteiger partial charge < -0.3 is 5.11 Å². The number of rotatable bonds is 2. The molecule has 2 rings (SSSR count). The smallest absolute Gasteiger partial charge is 0.137 e. The maximum atomic E-state index is 13.6. The van der Waals surface area contributed by atoms with E-state index < -0.39 is 17.7 Å². The van der Waals surface area contributed by atoms with Crippen molar-refractivity contribution in [3.8, 4) is 0 Å². The second-order valence-corrected chi connectivity index (χ2v) is 5.03. The summed E-state index contributed by atoms with van der Waals surface area (Å²) in [5.74, 6) is -1.14. The predicted molar refractivity (Wildman–Crippen MR) is 69.6 cm³/mol. The van der Waals surface area contributed by atoms with Gasteiger partial charge in [-0.1, -0.05) is 23.7 Å². The van der Waals surface area contributed by atoms with Gasteiger partial charge in [-0.15, -0.1) is 0 Å². The standard InChI is InChI=1S/C13H8BrClF2O/c14-10-4-1-7(5-12(10)17)13(18)9-3-2-8(15)6-11(9)16/h1-6,13,18H. The first-order valence-electron chi connectivity index (χ1n) is 5.07. The third-order valence-electron chi connectivity index (χ3n) is 2.52. The molecule has 0 fully saturated rings. The third kappa shape index (κ3) is 2.71. The van der Waals surface area contributed by atoms with Crippen LogP contribution in [-0.2, 0) is 0 Å². The van der Waals surface area contributed by atoms with Crippen molar-refractivity contribution in [2.24, 2.45) is 0 Å². The first kappa shape index (κ1) is 13.5. The highest BCUT2D eigenvalue weighted by atomic mass is 79.9. The van der Waals surface area contributed by atoms with E-state index in [-0.39, 0.29) is 20.6 Å². The maximum absolute atomic E-state index is 13.6. The summed E-state index contributed by atoms with van der Waals surface area (Å²) < 4.78 is 27.3. The summed E-state index contributed by atoms with van der Waals surface area (Å²) in [7, 11) is 0. The molecule has 0 aromatic heterocycles. The molecule has 0 bridgehead atoms. The van der Waals surface area contributed by atoms with Crippen LogP contribution < -0.4 is 0 Å². The highest BCUT2D eigenvalue weighted by molar-refractivity contribution is 9.10. The molecule has 0 aliphatic heterocycles. The van der Waals surface area contributed by atoms with Gasteiger partial charge in [0.25, 0.3) is 0 Å². The van der Waals surface area contributed by atoms with E-state index in [1.165, 1.54) is 24.3 Å². The lowest BCUT2D eigenvalue weighted by Gasteiger charge is -2.13. The molecule has 0 aliphatic rings. The van der Waals surface area contributed by atoms with Crippen LogP contribution in [0.4, 0.5) is 8.78 Å². The Balaban J connectivity index is 2.41. The van der Waals surface area contributed by atoms with E-state index in [2.05, 4.69) is 15.9 Å². The van der Waals surface area contributed by atoms with Crippen LogP contribution in [0.25, 0.3) is 0 Å². The Bertz CT molecular complexity index is 589. The van der Waals surface area contributed by atoms with Crippen LogP contribution >= 0.6 is 27.5 Å². The van der Waals surface area contributed by atoms with E-state index in [0.717, 1.165) is 12.1 Å². The van der Waals surface area contributed by atoms with Gasteiger partial charge in [-0.05, 0) is 45.8 Å². The summed E-state index contributed by atoms with van der Waals surface area (Å²) in [4.78, 5) is 0. The molecule has 0 spiro atoms. The van der Waals surface area contributed by atoms with E-state index >= 15 is 0 Å². The predicted octanol–water partition coefficient (Wildman–Crippen LogP) is 4.46. The fourth-order valence-electron chi connectivity index (χ4n) is 1.59. The Labute approximate surface area is 116 Å². The fraction of sp³-hybridized carbons (Fsp3) is 0.0769. The number of aliphatic hydroxyl groups is 1. The van der Waals surface area contributed by atoms with Crippen molar-refractivity contribution in [1.29, 1.82) is 0 Å². The van der Waals surface area contributed by atoms with Crippen molar-refractivity contribution in [3.63, 3.8) is 0 Å². The minimum Gasteiger partial charge on any atom is -0.384 e. The second kappa shape index (κ2) is 5.34. The van der Waals surface area contributed by atoms with Gasteiger partial charge in [0, 0.05) is 10.6 Å². The number of hydrogen-bond donors (Lipinski definition) is 1. The maximum Gasteiger partial charge on any atom is 0.137 e. The Kier molecular flexibility index (Phi) is 4.00. The number of hydrogen-bond acceptors (Lipinski definition) is 1. The summed E-state index contributed by atoms with van der Waals surface area (Å²) in [6.07, 6.45) is -1.23. The highest BCUT2D eigenvalue weighted by Crippen LogP contribution is 2.28. The van der Waals surface area contributed by atoms with Crippen molar-refractivity contribution >= 4 is 27.5 Å². The minimum absolute atomic E-state index is 0.0566. The van der Waals surface area contributed by atoms with Gasteiger partial charge in [-0.25, -0.2) is 8.78 Å². The molecule has 2 aromatic carbocycles. The number of benzene rings is 2. The Morgan fingerprint density at radius 3 is 2.39 bits per heavy atom. The first-order valence-corrected chi connectivity index (χ1v) is 6.24. The molecule has 94 valence electrons. The van der Waals surface area contributed by atoms with Crippen LogP contribution in [0, 0.1) is 11.6 Å². The van der Waals surface area contributed by atoms with Crippen LogP contribution in [-0.4, -0.2) is 5.11 Å². The Morgan fingerprint density at radius 2 is 1.78 bits per heavy atom. The highest BCUT2D eigenvalue weighted by Gasteiger charge is 2.16. The van der Waals surface area contributed by atoms with Crippen LogP contribution in [0.2, 0.25) is 5.02 Å². The molecule has 0 radical (unpaired) electrons. The minimum atomic E-state index is -1.23. The zero-order chi connectivity index (χ0) is 13.3. The Hall–Kier alpha value is -0.970. The molecule has 0 amide bonds. The van der Waals surface area contributed by atoms with Crippen LogP contribution in [0.3, 0.4) is 0 Å². The van der Waals surface area contributed by atoms with Crippen molar-refractivity contribution < 1.29 is 13.9 Å². The van der Waals surface area contributed by atoms with E-state index in [9.17, 15) is 13.9 Å². The van der Waals surface area contributed by atoms with Crippen LogP contribution in [0.15, 0.2) is 40.9 Å². The lowest BCUT2D eigenvalue weighted by atomic mass is 10.0. The molecule has 0 saturated heterocycles. The molecule has 18 heavy (non-hydrogen) atoms.